The number of nitrogens with zero attached hydrogens (tertiary/aromatic N) is 3. The van der Waals surface area contributed by atoms with Crippen LogP contribution in [-0.2, 0) is 9.63 Å². The van der Waals surface area contributed by atoms with Crippen LogP contribution < -0.4 is 0 Å². The van der Waals surface area contributed by atoms with Crippen LogP contribution in [0.1, 0.15) is 30.9 Å². The van der Waals surface area contributed by atoms with E-state index in [2.05, 4.69) is 17.0 Å². The first kappa shape index (κ1) is 17.9. The summed E-state index contributed by atoms with van der Waals surface area (Å²) in [5, 5.41) is 1.93. The summed E-state index contributed by atoms with van der Waals surface area (Å²) in [6, 6.07) is 10.3. The number of hydrogen-bond donors (Lipinski definition) is 0. The number of carbonyl (C=O) groups excluding carboxylic acids is 1. The van der Waals surface area contributed by atoms with E-state index in [1.807, 2.05) is 49.3 Å². The Bertz CT molecular complexity index is 472. The molecule has 1 fully saturated rings. The Morgan fingerprint density at radius 1 is 1.22 bits per heavy atom. The van der Waals surface area contributed by atoms with Crippen molar-refractivity contribution in [2.75, 3.05) is 47.4 Å². The highest BCUT2D eigenvalue weighted by Crippen LogP contribution is 2.21. The molecule has 1 aliphatic rings. The maximum Gasteiger partial charge on any atom is 0.224 e. The van der Waals surface area contributed by atoms with Crippen molar-refractivity contribution in [3.8, 4) is 0 Å². The molecule has 23 heavy (non-hydrogen) atoms. The molecule has 0 spiro atoms. The Morgan fingerprint density at radius 2 is 1.96 bits per heavy atom. The zero-order valence-electron chi connectivity index (χ0n) is 14.6. The molecule has 0 saturated carbocycles. The molecule has 1 aliphatic heterocycles. The Balaban J connectivity index is 1.95. The number of carbonyl (C=O) groups is 1. The molecule has 1 aromatic rings. The third kappa shape index (κ3) is 5.61. The monoisotopic (exact) mass is 319 g/mol. The van der Waals surface area contributed by atoms with Gasteiger partial charge in [0.15, 0.2) is 0 Å². The van der Waals surface area contributed by atoms with Crippen LogP contribution in [0.15, 0.2) is 30.3 Å². The first-order valence-corrected chi connectivity index (χ1v) is 8.41. The smallest absolute Gasteiger partial charge is 0.224 e. The lowest BCUT2D eigenvalue weighted by molar-refractivity contribution is -0.182. The van der Waals surface area contributed by atoms with Gasteiger partial charge in [0.25, 0.3) is 0 Å². The molecule has 1 aromatic carbocycles. The minimum atomic E-state index is 0.0703. The summed E-state index contributed by atoms with van der Waals surface area (Å²) >= 11 is 0. The zero-order chi connectivity index (χ0) is 16.7. The van der Waals surface area contributed by atoms with Crippen LogP contribution in [0.2, 0.25) is 0 Å². The van der Waals surface area contributed by atoms with Crippen molar-refractivity contribution in [2.24, 2.45) is 0 Å². The lowest BCUT2D eigenvalue weighted by Gasteiger charge is -2.32. The van der Waals surface area contributed by atoms with E-state index in [1.165, 1.54) is 5.56 Å². The highest BCUT2D eigenvalue weighted by Gasteiger charge is 2.23. The molecular weight excluding hydrogens is 290 g/mol. The highest BCUT2D eigenvalue weighted by molar-refractivity contribution is 5.76. The fourth-order valence-electron chi connectivity index (χ4n) is 2.87. The van der Waals surface area contributed by atoms with Crippen molar-refractivity contribution in [2.45, 2.75) is 25.3 Å². The summed E-state index contributed by atoms with van der Waals surface area (Å²) in [5.41, 5.74) is 1.17. The second kappa shape index (κ2) is 9.01. The van der Waals surface area contributed by atoms with E-state index in [9.17, 15) is 4.79 Å². The second-order valence-electron chi connectivity index (χ2n) is 6.41. The molecule has 128 valence electrons. The van der Waals surface area contributed by atoms with Crippen molar-refractivity contribution >= 4 is 5.91 Å². The molecule has 0 aromatic heterocycles. The maximum atomic E-state index is 12.6. The van der Waals surface area contributed by atoms with E-state index < -0.39 is 0 Å². The average Bonchev–Trinajstić information content (AvgIpc) is 2.58. The topological polar surface area (TPSA) is 36.0 Å². The van der Waals surface area contributed by atoms with Crippen molar-refractivity contribution in [3.63, 3.8) is 0 Å². The summed E-state index contributed by atoms with van der Waals surface area (Å²) in [5.74, 6) is 0.162. The summed E-state index contributed by atoms with van der Waals surface area (Å²) in [4.78, 5) is 22.2. The molecule has 5 heteroatoms. The van der Waals surface area contributed by atoms with Gasteiger partial charge in [0.1, 0.15) is 0 Å². The number of amides is 1. The third-order valence-corrected chi connectivity index (χ3v) is 4.23. The Hall–Kier alpha value is -1.43. The van der Waals surface area contributed by atoms with E-state index in [4.69, 9.17) is 4.84 Å². The standard InChI is InChI=1S/C18H29N3O2/c1-19(2)15-17(16-9-5-4-6-10-16)20(3)18(22)11-13-21-12-7-8-14-23-21/h4-6,9-10,17H,7-8,11-15H2,1-3H3. The molecule has 5 nitrogen and oxygen atoms in total. The predicted octanol–water partition coefficient (Wildman–Crippen LogP) is 2.17. The van der Waals surface area contributed by atoms with Gasteiger partial charge in [0, 0.05) is 33.1 Å². The van der Waals surface area contributed by atoms with Gasteiger partial charge in [-0.2, -0.15) is 5.06 Å². The SMILES string of the molecule is CN(C)CC(c1ccccc1)N(C)C(=O)CCN1CCCCO1. The molecule has 1 amide bonds. The Kier molecular flexibility index (Phi) is 7.02. The van der Waals surface area contributed by atoms with Gasteiger partial charge in [-0.1, -0.05) is 30.3 Å². The van der Waals surface area contributed by atoms with Crippen molar-refractivity contribution in [3.05, 3.63) is 35.9 Å². The maximum absolute atomic E-state index is 12.6. The lowest BCUT2D eigenvalue weighted by atomic mass is 10.0. The molecule has 1 atom stereocenters. The van der Waals surface area contributed by atoms with Gasteiger partial charge in [-0.15, -0.1) is 0 Å². The largest absolute Gasteiger partial charge is 0.337 e. The highest BCUT2D eigenvalue weighted by atomic mass is 16.7. The van der Waals surface area contributed by atoms with E-state index in [0.717, 1.165) is 32.5 Å². The van der Waals surface area contributed by atoms with Crippen molar-refractivity contribution < 1.29 is 9.63 Å². The fraction of sp³-hybridized carbons (Fsp3) is 0.611. The van der Waals surface area contributed by atoms with E-state index in [-0.39, 0.29) is 11.9 Å². The first-order chi connectivity index (χ1) is 11.1. The molecular formula is C18H29N3O2. The van der Waals surface area contributed by atoms with Gasteiger partial charge in [-0.05, 0) is 32.5 Å². The molecule has 0 N–H and O–H groups in total. The molecule has 1 unspecified atom stereocenters. The van der Waals surface area contributed by atoms with Crippen LogP contribution in [0.5, 0.6) is 0 Å². The number of hydrogen-bond acceptors (Lipinski definition) is 4. The second-order valence-corrected chi connectivity index (χ2v) is 6.41. The first-order valence-electron chi connectivity index (χ1n) is 8.41. The van der Waals surface area contributed by atoms with Gasteiger partial charge in [0.2, 0.25) is 5.91 Å². The fourth-order valence-corrected chi connectivity index (χ4v) is 2.87. The molecule has 1 saturated heterocycles. The van der Waals surface area contributed by atoms with Gasteiger partial charge >= 0.3 is 0 Å². The molecule has 0 aliphatic carbocycles. The summed E-state index contributed by atoms with van der Waals surface area (Å²) in [6.45, 7) is 3.19. The van der Waals surface area contributed by atoms with Gasteiger partial charge < -0.3 is 9.80 Å². The third-order valence-electron chi connectivity index (χ3n) is 4.23. The van der Waals surface area contributed by atoms with Crippen LogP contribution in [0.3, 0.4) is 0 Å². The quantitative estimate of drug-likeness (QED) is 0.772. The summed E-state index contributed by atoms with van der Waals surface area (Å²) in [6.07, 6.45) is 2.76. The van der Waals surface area contributed by atoms with Crippen LogP contribution >= 0.6 is 0 Å². The number of hydroxylamine groups is 2. The predicted molar refractivity (Wildman–Crippen MR) is 91.9 cm³/mol. The minimum absolute atomic E-state index is 0.0703. The molecule has 1 heterocycles. The molecule has 0 bridgehead atoms. The zero-order valence-corrected chi connectivity index (χ0v) is 14.6. The van der Waals surface area contributed by atoms with E-state index in [1.54, 1.807) is 0 Å². The van der Waals surface area contributed by atoms with Crippen LogP contribution in [-0.4, -0.2) is 68.2 Å². The van der Waals surface area contributed by atoms with E-state index in [0.29, 0.717) is 13.0 Å². The number of rotatable bonds is 7. The minimum Gasteiger partial charge on any atom is -0.337 e. The van der Waals surface area contributed by atoms with Crippen LogP contribution in [0.4, 0.5) is 0 Å². The molecule has 0 radical (unpaired) electrons. The number of benzene rings is 1. The van der Waals surface area contributed by atoms with Crippen molar-refractivity contribution in [1.29, 1.82) is 0 Å². The average molecular weight is 319 g/mol. The summed E-state index contributed by atoms with van der Waals surface area (Å²) < 4.78 is 0. The normalized spacial score (nSPS) is 17.2. The van der Waals surface area contributed by atoms with Gasteiger partial charge in [-0.25, -0.2) is 0 Å². The lowest BCUT2D eigenvalue weighted by Crippen LogP contribution is -2.39. The Morgan fingerprint density at radius 3 is 2.57 bits per heavy atom. The van der Waals surface area contributed by atoms with Crippen LogP contribution in [0.25, 0.3) is 0 Å². The number of likely N-dealkylation sites (N-methyl/N-ethyl adjacent to an activating group) is 2. The van der Waals surface area contributed by atoms with Gasteiger partial charge in [-0.3, -0.25) is 9.63 Å². The Labute approximate surface area is 139 Å². The van der Waals surface area contributed by atoms with Gasteiger partial charge in [0.05, 0.1) is 12.6 Å². The van der Waals surface area contributed by atoms with Crippen molar-refractivity contribution in [1.82, 2.24) is 14.9 Å². The molecule has 2 rings (SSSR count). The van der Waals surface area contributed by atoms with E-state index >= 15 is 0 Å². The van der Waals surface area contributed by atoms with Crippen LogP contribution in [0, 0.1) is 0 Å². The summed E-state index contributed by atoms with van der Waals surface area (Å²) in [7, 11) is 5.98.